The predicted molar refractivity (Wildman–Crippen MR) is 73.7 cm³/mol. The third-order valence-electron chi connectivity index (χ3n) is 4.07. The maximum absolute atomic E-state index is 11.6. The fourth-order valence-electron chi connectivity index (χ4n) is 2.80. The molecule has 1 saturated heterocycles. The topological polar surface area (TPSA) is 92.5 Å². The molecule has 0 saturated carbocycles. The zero-order chi connectivity index (χ0) is 14.8. The van der Waals surface area contributed by atoms with Gasteiger partial charge in [-0.05, 0) is 38.3 Å². The molecular weight excluding hydrogens is 260 g/mol. The van der Waals surface area contributed by atoms with Crippen molar-refractivity contribution in [2.75, 3.05) is 13.1 Å². The lowest BCUT2D eigenvalue weighted by Crippen LogP contribution is -2.47. The van der Waals surface area contributed by atoms with Crippen molar-refractivity contribution in [3.8, 4) is 0 Å². The van der Waals surface area contributed by atoms with E-state index in [-0.39, 0.29) is 5.69 Å². The van der Waals surface area contributed by atoms with Gasteiger partial charge in [0.1, 0.15) is 0 Å². The molecule has 2 rings (SSSR count). The van der Waals surface area contributed by atoms with Crippen LogP contribution in [0.2, 0.25) is 0 Å². The monoisotopic (exact) mass is 278 g/mol. The van der Waals surface area contributed by atoms with E-state index in [2.05, 4.69) is 5.32 Å². The Balaban J connectivity index is 2.34. The van der Waals surface area contributed by atoms with Gasteiger partial charge in [-0.1, -0.05) is 12.1 Å². The second-order valence-corrected chi connectivity index (χ2v) is 5.36. The Morgan fingerprint density at radius 2 is 2.30 bits per heavy atom. The van der Waals surface area contributed by atoms with Crippen molar-refractivity contribution in [2.24, 2.45) is 5.41 Å². The molecule has 108 valence electrons. The Labute approximate surface area is 117 Å². The molecule has 20 heavy (non-hydrogen) atoms. The molecule has 1 fully saturated rings. The fourth-order valence-corrected chi connectivity index (χ4v) is 2.80. The van der Waals surface area contributed by atoms with Gasteiger partial charge < -0.3 is 10.4 Å². The first-order valence-electron chi connectivity index (χ1n) is 6.63. The summed E-state index contributed by atoms with van der Waals surface area (Å²) in [7, 11) is 0. The summed E-state index contributed by atoms with van der Waals surface area (Å²) in [6.07, 6.45) is 1.72. The van der Waals surface area contributed by atoms with E-state index < -0.39 is 16.3 Å². The molecule has 0 aliphatic carbocycles. The summed E-state index contributed by atoms with van der Waals surface area (Å²) >= 11 is 0. The van der Waals surface area contributed by atoms with Gasteiger partial charge in [-0.2, -0.15) is 0 Å². The largest absolute Gasteiger partial charge is 0.481 e. The number of piperidine rings is 1. The summed E-state index contributed by atoms with van der Waals surface area (Å²) in [4.78, 5) is 22.2. The molecule has 6 heteroatoms. The lowest BCUT2D eigenvalue weighted by atomic mass is 9.75. The zero-order valence-electron chi connectivity index (χ0n) is 11.4. The molecule has 0 bridgehead atoms. The number of benzene rings is 1. The van der Waals surface area contributed by atoms with Crippen LogP contribution in [-0.4, -0.2) is 29.1 Å². The number of rotatable bonds is 4. The molecule has 0 radical (unpaired) electrons. The van der Waals surface area contributed by atoms with Crippen LogP contribution in [0.15, 0.2) is 18.2 Å². The number of carbonyl (C=O) groups is 1. The maximum Gasteiger partial charge on any atom is 0.311 e. The van der Waals surface area contributed by atoms with E-state index in [1.807, 2.05) is 0 Å². The summed E-state index contributed by atoms with van der Waals surface area (Å²) in [6.45, 7) is 2.91. The Hall–Kier alpha value is -1.95. The van der Waals surface area contributed by atoms with Crippen LogP contribution >= 0.6 is 0 Å². The minimum absolute atomic E-state index is 0.0480. The number of hydrogen-bond acceptors (Lipinski definition) is 4. The van der Waals surface area contributed by atoms with Crippen molar-refractivity contribution in [3.05, 3.63) is 39.4 Å². The predicted octanol–water partition coefficient (Wildman–Crippen LogP) is 1.90. The molecular formula is C14H18N2O4. The lowest BCUT2D eigenvalue weighted by molar-refractivity contribution is -0.385. The van der Waals surface area contributed by atoms with Crippen LogP contribution in [0.4, 0.5) is 5.69 Å². The van der Waals surface area contributed by atoms with Crippen LogP contribution in [0.3, 0.4) is 0 Å². The van der Waals surface area contributed by atoms with Crippen LogP contribution in [0.1, 0.15) is 24.0 Å². The van der Waals surface area contributed by atoms with Crippen molar-refractivity contribution in [3.63, 3.8) is 0 Å². The van der Waals surface area contributed by atoms with Gasteiger partial charge in [-0.25, -0.2) is 0 Å². The van der Waals surface area contributed by atoms with E-state index in [4.69, 9.17) is 0 Å². The van der Waals surface area contributed by atoms with Crippen LogP contribution in [-0.2, 0) is 11.2 Å². The van der Waals surface area contributed by atoms with Gasteiger partial charge in [0, 0.05) is 18.2 Å². The van der Waals surface area contributed by atoms with Crippen molar-refractivity contribution in [1.29, 1.82) is 0 Å². The number of nitrogens with one attached hydrogen (secondary N) is 1. The van der Waals surface area contributed by atoms with Crippen LogP contribution in [0.25, 0.3) is 0 Å². The minimum atomic E-state index is -0.863. The van der Waals surface area contributed by atoms with E-state index >= 15 is 0 Å². The third kappa shape index (κ3) is 2.65. The zero-order valence-corrected chi connectivity index (χ0v) is 11.4. The summed E-state index contributed by atoms with van der Waals surface area (Å²) in [5.41, 5.74) is 0.485. The normalized spacial score (nSPS) is 22.4. The highest BCUT2D eigenvalue weighted by Crippen LogP contribution is 2.33. The molecule has 6 nitrogen and oxygen atoms in total. The van der Waals surface area contributed by atoms with E-state index in [0.717, 1.165) is 18.5 Å². The van der Waals surface area contributed by atoms with Gasteiger partial charge in [-0.15, -0.1) is 0 Å². The molecule has 0 amide bonds. The molecule has 1 aromatic carbocycles. The molecule has 1 aromatic rings. The van der Waals surface area contributed by atoms with Crippen molar-refractivity contribution >= 4 is 11.7 Å². The molecule has 0 aromatic heterocycles. The van der Waals surface area contributed by atoms with Crippen LogP contribution < -0.4 is 5.32 Å². The Kier molecular flexibility index (Phi) is 4.04. The fraction of sp³-hybridized carbons (Fsp3) is 0.500. The van der Waals surface area contributed by atoms with Crippen LogP contribution in [0, 0.1) is 22.5 Å². The van der Waals surface area contributed by atoms with Gasteiger partial charge >= 0.3 is 5.97 Å². The summed E-state index contributed by atoms with van der Waals surface area (Å²) in [5.74, 6) is -0.837. The number of hydrogen-bond donors (Lipinski definition) is 2. The SMILES string of the molecule is Cc1c(CC2(C(=O)O)CCCNC2)cccc1[N+](=O)[O-]. The average molecular weight is 278 g/mol. The number of carboxylic acid groups (broad SMARTS) is 1. The van der Waals surface area contributed by atoms with E-state index in [1.54, 1.807) is 19.1 Å². The number of aliphatic carboxylic acids is 1. The minimum Gasteiger partial charge on any atom is -0.481 e. The molecule has 2 N–H and O–H groups in total. The summed E-state index contributed by atoms with van der Waals surface area (Å²) < 4.78 is 0. The second-order valence-electron chi connectivity index (χ2n) is 5.36. The van der Waals surface area contributed by atoms with Crippen molar-refractivity contribution in [1.82, 2.24) is 5.32 Å². The standard InChI is InChI=1S/C14H18N2O4/c1-10-11(4-2-5-12(10)16(19)20)8-14(13(17)18)6-3-7-15-9-14/h2,4-5,15H,3,6-9H2,1H3,(H,17,18). The molecule has 1 aliphatic rings. The first kappa shape index (κ1) is 14.5. The van der Waals surface area contributed by atoms with E-state index in [1.165, 1.54) is 6.07 Å². The third-order valence-corrected chi connectivity index (χ3v) is 4.07. The quantitative estimate of drug-likeness (QED) is 0.648. The Bertz CT molecular complexity index is 536. The summed E-state index contributed by atoms with van der Waals surface area (Å²) in [6, 6.07) is 4.85. The molecule has 1 aliphatic heterocycles. The first-order chi connectivity index (χ1) is 9.46. The van der Waals surface area contributed by atoms with E-state index in [0.29, 0.717) is 24.9 Å². The van der Waals surface area contributed by atoms with Gasteiger partial charge in [0.2, 0.25) is 0 Å². The number of nitro benzene ring substituents is 1. The highest BCUT2D eigenvalue weighted by molar-refractivity contribution is 5.75. The van der Waals surface area contributed by atoms with Crippen LogP contribution in [0.5, 0.6) is 0 Å². The molecule has 0 spiro atoms. The Morgan fingerprint density at radius 3 is 2.85 bits per heavy atom. The van der Waals surface area contributed by atoms with Gasteiger partial charge in [0.15, 0.2) is 0 Å². The van der Waals surface area contributed by atoms with Crippen molar-refractivity contribution < 1.29 is 14.8 Å². The van der Waals surface area contributed by atoms with Gasteiger partial charge in [0.25, 0.3) is 5.69 Å². The lowest BCUT2D eigenvalue weighted by Gasteiger charge is -2.34. The Morgan fingerprint density at radius 1 is 1.55 bits per heavy atom. The number of carboxylic acids is 1. The molecule has 1 unspecified atom stereocenters. The highest BCUT2D eigenvalue weighted by Gasteiger charge is 2.40. The average Bonchev–Trinajstić information content (AvgIpc) is 2.41. The maximum atomic E-state index is 11.6. The smallest absolute Gasteiger partial charge is 0.311 e. The number of nitrogens with zero attached hydrogens (tertiary/aromatic N) is 1. The first-order valence-corrected chi connectivity index (χ1v) is 6.63. The second kappa shape index (κ2) is 5.58. The highest BCUT2D eigenvalue weighted by atomic mass is 16.6. The number of nitro groups is 1. The van der Waals surface area contributed by atoms with Crippen molar-refractivity contribution in [2.45, 2.75) is 26.2 Å². The molecule has 1 heterocycles. The van der Waals surface area contributed by atoms with Gasteiger partial charge in [-0.3, -0.25) is 14.9 Å². The van der Waals surface area contributed by atoms with E-state index in [9.17, 15) is 20.0 Å². The van der Waals surface area contributed by atoms with Gasteiger partial charge in [0.05, 0.1) is 10.3 Å². The summed E-state index contributed by atoms with van der Waals surface area (Å²) in [5, 5.41) is 23.6. The molecule has 1 atom stereocenters.